The van der Waals surface area contributed by atoms with Crippen molar-refractivity contribution in [3.8, 4) is 22.9 Å². The summed E-state index contributed by atoms with van der Waals surface area (Å²) in [6.07, 6.45) is 0.0730. The molecule has 0 atom stereocenters. The number of aromatic nitrogens is 3. The van der Waals surface area contributed by atoms with Crippen LogP contribution in [0.15, 0.2) is 58.3 Å². The van der Waals surface area contributed by atoms with Crippen molar-refractivity contribution in [3.63, 3.8) is 0 Å². The second-order valence-corrected chi connectivity index (χ2v) is 7.80. The maximum atomic E-state index is 12.5. The fraction of sp³-hybridized carbons (Fsp3) is 0.174. The molecule has 0 radical (unpaired) electrons. The van der Waals surface area contributed by atoms with Crippen LogP contribution in [-0.4, -0.2) is 33.7 Å². The maximum Gasteiger partial charge on any atom is 0.311 e. The number of nitrogens with one attached hydrogen (secondary N) is 1. The van der Waals surface area contributed by atoms with Crippen LogP contribution in [0.4, 0.5) is 5.13 Å². The van der Waals surface area contributed by atoms with Gasteiger partial charge in [0.1, 0.15) is 0 Å². The number of rotatable bonds is 7. The van der Waals surface area contributed by atoms with Crippen molar-refractivity contribution >= 4 is 28.3 Å². The van der Waals surface area contributed by atoms with Crippen LogP contribution >= 0.6 is 11.3 Å². The van der Waals surface area contributed by atoms with Crippen LogP contribution in [0, 0.1) is 6.92 Å². The molecule has 1 amide bonds. The minimum absolute atomic E-state index is 0.0730. The zero-order chi connectivity index (χ0) is 22.5. The Bertz CT molecular complexity index is 1250. The lowest BCUT2D eigenvalue weighted by molar-refractivity contribution is -0.142. The van der Waals surface area contributed by atoms with Gasteiger partial charge in [-0.3, -0.25) is 14.9 Å². The maximum absolute atomic E-state index is 12.5. The summed E-state index contributed by atoms with van der Waals surface area (Å²) in [5, 5.41) is 13.1. The zero-order valence-corrected chi connectivity index (χ0v) is 18.3. The molecular weight excluding hydrogens is 428 g/mol. The molecule has 2 aromatic carbocycles. The molecule has 0 aliphatic rings. The highest BCUT2D eigenvalue weighted by molar-refractivity contribution is 7.14. The Morgan fingerprint density at radius 2 is 1.81 bits per heavy atom. The van der Waals surface area contributed by atoms with Gasteiger partial charge in [0, 0.05) is 22.1 Å². The van der Waals surface area contributed by atoms with E-state index in [1.54, 1.807) is 36.6 Å². The standard InChI is InChI=1S/C23H20N4O4S/c1-3-30-19(28)12-18-13-32-23(24-18)25-20(29)15-7-9-16(10-8-15)21-26-27-22(31-21)17-6-4-5-14(2)11-17/h4-11,13H,3,12H2,1-2H3,(H,24,25,29). The molecule has 0 bridgehead atoms. The van der Waals surface area contributed by atoms with Crippen molar-refractivity contribution in [3.05, 3.63) is 70.7 Å². The van der Waals surface area contributed by atoms with E-state index in [1.807, 2.05) is 31.2 Å². The first-order chi connectivity index (χ1) is 15.5. The minimum atomic E-state index is -0.349. The summed E-state index contributed by atoms with van der Waals surface area (Å²) in [6, 6.07) is 14.7. The van der Waals surface area contributed by atoms with Gasteiger partial charge in [0.25, 0.3) is 5.91 Å². The summed E-state index contributed by atoms with van der Waals surface area (Å²) < 4.78 is 10.7. The van der Waals surface area contributed by atoms with E-state index in [4.69, 9.17) is 9.15 Å². The van der Waals surface area contributed by atoms with E-state index < -0.39 is 0 Å². The summed E-state index contributed by atoms with van der Waals surface area (Å²) in [7, 11) is 0. The van der Waals surface area contributed by atoms with Crippen LogP contribution in [0.25, 0.3) is 22.9 Å². The highest BCUT2D eigenvalue weighted by Crippen LogP contribution is 2.25. The van der Waals surface area contributed by atoms with Crippen molar-refractivity contribution in [1.29, 1.82) is 0 Å². The van der Waals surface area contributed by atoms with Gasteiger partial charge >= 0.3 is 5.97 Å². The highest BCUT2D eigenvalue weighted by atomic mass is 32.1. The number of carbonyl (C=O) groups is 2. The largest absolute Gasteiger partial charge is 0.466 e. The smallest absolute Gasteiger partial charge is 0.311 e. The summed E-state index contributed by atoms with van der Waals surface area (Å²) in [5.41, 5.74) is 3.67. The number of benzene rings is 2. The number of nitrogens with zero attached hydrogens (tertiary/aromatic N) is 3. The van der Waals surface area contributed by atoms with Crippen LogP contribution in [0.3, 0.4) is 0 Å². The second kappa shape index (κ2) is 9.52. The highest BCUT2D eigenvalue weighted by Gasteiger charge is 2.14. The normalized spacial score (nSPS) is 10.7. The molecule has 2 heterocycles. The first-order valence-electron chi connectivity index (χ1n) is 9.94. The Labute approximate surface area is 188 Å². The van der Waals surface area contributed by atoms with Gasteiger partial charge in [0.2, 0.25) is 11.8 Å². The molecule has 0 aliphatic carbocycles. The van der Waals surface area contributed by atoms with Gasteiger partial charge < -0.3 is 9.15 Å². The van der Waals surface area contributed by atoms with Crippen molar-refractivity contribution in [2.24, 2.45) is 0 Å². The monoisotopic (exact) mass is 448 g/mol. The van der Waals surface area contributed by atoms with Crippen molar-refractivity contribution in [1.82, 2.24) is 15.2 Å². The summed E-state index contributed by atoms with van der Waals surface area (Å²) in [6.45, 7) is 4.06. The van der Waals surface area contributed by atoms with Gasteiger partial charge in [-0.05, 0) is 50.2 Å². The molecule has 0 saturated carbocycles. The number of aryl methyl sites for hydroxylation is 1. The third-order valence-corrected chi connectivity index (χ3v) is 5.29. The Kier molecular flexibility index (Phi) is 6.37. The molecule has 162 valence electrons. The van der Waals surface area contributed by atoms with Gasteiger partial charge in [-0.25, -0.2) is 4.98 Å². The molecule has 0 saturated heterocycles. The molecular formula is C23H20N4O4S. The molecule has 4 rings (SSSR count). The zero-order valence-electron chi connectivity index (χ0n) is 17.5. The number of esters is 1. The van der Waals surface area contributed by atoms with E-state index in [-0.39, 0.29) is 18.3 Å². The van der Waals surface area contributed by atoms with Crippen molar-refractivity contribution in [2.45, 2.75) is 20.3 Å². The van der Waals surface area contributed by atoms with E-state index in [2.05, 4.69) is 20.5 Å². The number of amides is 1. The molecule has 0 spiro atoms. The molecule has 4 aromatic rings. The predicted molar refractivity (Wildman–Crippen MR) is 120 cm³/mol. The minimum Gasteiger partial charge on any atom is -0.466 e. The lowest BCUT2D eigenvalue weighted by Crippen LogP contribution is -2.12. The third kappa shape index (κ3) is 5.06. The third-order valence-electron chi connectivity index (χ3n) is 4.49. The fourth-order valence-corrected chi connectivity index (χ4v) is 3.68. The van der Waals surface area contributed by atoms with E-state index >= 15 is 0 Å². The van der Waals surface area contributed by atoms with E-state index in [0.717, 1.165) is 11.1 Å². The predicted octanol–water partition coefficient (Wildman–Crippen LogP) is 4.53. The first kappa shape index (κ1) is 21.4. The second-order valence-electron chi connectivity index (χ2n) is 6.94. The van der Waals surface area contributed by atoms with Gasteiger partial charge in [0.05, 0.1) is 18.7 Å². The quantitative estimate of drug-likeness (QED) is 0.414. The number of carbonyl (C=O) groups excluding carboxylic acids is 2. The fourth-order valence-electron chi connectivity index (χ4n) is 2.97. The molecule has 32 heavy (non-hydrogen) atoms. The average molecular weight is 449 g/mol. The Morgan fingerprint density at radius 3 is 2.53 bits per heavy atom. The number of thiazole rings is 1. The van der Waals surface area contributed by atoms with E-state index in [9.17, 15) is 9.59 Å². The lowest BCUT2D eigenvalue weighted by Gasteiger charge is -2.02. The molecule has 0 aliphatic heterocycles. The topological polar surface area (TPSA) is 107 Å². The van der Waals surface area contributed by atoms with Gasteiger partial charge in [-0.15, -0.1) is 21.5 Å². The van der Waals surface area contributed by atoms with E-state index in [1.165, 1.54) is 11.3 Å². The molecule has 2 aromatic heterocycles. The lowest BCUT2D eigenvalue weighted by atomic mass is 10.1. The average Bonchev–Trinajstić information content (AvgIpc) is 3.44. The summed E-state index contributed by atoms with van der Waals surface area (Å²) in [5.74, 6) is 0.155. The van der Waals surface area contributed by atoms with Crippen molar-refractivity contribution in [2.75, 3.05) is 11.9 Å². The number of hydrogen-bond acceptors (Lipinski definition) is 8. The van der Waals surface area contributed by atoms with Crippen LogP contribution in [-0.2, 0) is 16.0 Å². The summed E-state index contributed by atoms with van der Waals surface area (Å²) >= 11 is 1.25. The van der Waals surface area contributed by atoms with Crippen LogP contribution in [0.1, 0.15) is 28.5 Å². The van der Waals surface area contributed by atoms with Crippen LogP contribution in [0.2, 0.25) is 0 Å². The summed E-state index contributed by atoms with van der Waals surface area (Å²) in [4.78, 5) is 28.3. The van der Waals surface area contributed by atoms with E-state index in [0.29, 0.717) is 40.3 Å². The molecule has 9 heteroatoms. The molecule has 0 unspecified atom stereocenters. The first-order valence-corrected chi connectivity index (χ1v) is 10.8. The van der Waals surface area contributed by atoms with Crippen LogP contribution in [0.5, 0.6) is 0 Å². The molecule has 0 fully saturated rings. The molecule has 1 N–H and O–H groups in total. The van der Waals surface area contributed by atoms with Crippen LogP contribution < -0.4 is 5.32 Å². The number of ether oxygens (including phenoxy) is 1. The van der Waals surface area contributed by atoms with Gasteiger partial charge in [0.15, 0.2) is 5.13 Å². The molecule has 8 nitrogen and oxygen atoms in total. The Balaban J connectivity index is 1.41. The Morgan fingerprint density at radius 1 is 1.06 bits per heavy atom. The van der Waals surface area contributed by atoms with Gasteiger partial charge in [-0.2, -0.15) is 0 Å². The Hall–Kier alpha value is -3.85. The van der Waals surface area contributed by atoms with Crippen molar-refractivity contribution < 1.29 is 18.7 Å². The number of anilines is 1. The van der Waals surface area contributed by atoms with Gasteiger partial charge in [-0.1, -0.05) is 17.7 Å². The number of hydrogen-bond donors (Lipinski definition) is 1. The SMILES string of the molecule is CCOC(=O)Cc1csc(NC(=O)c2ccc(-c3nnc(-c4cccc(C)c4)o3)cc2)n1.